The molecule has 0 fully saturated rings. The lowest BCUT2D eigenvalue weighted by molar-refractivity contribution is 0.470. The number of phenolic OH excluding ortho intramolecular Hbond substituents is 1. The second-order valence-corrected chi connectivity index (χ2v) is 3.38. The maximum atomic E-state index is 9.51. The first-order valence-electron chi connectivity index (χ1n) is 4.05. The fraction of sp³-hybridized carbons (Fsp3) is 0.400. The van der Waals surface area contributed by atoms with Crippen LogP contribution in [0.25, 0.3) is 0 Å². The summed E-state index contributed by atoms with van der Waals surface area (Å²) in [5.74, 6) is 0.221. The van der Waals surface area contributed by atoms with E-state index in [1.54, 1.807) is 0 Å². The highest BCUT2D eigenvalue weighted by Gasteiger charge is 2.09. The Kier molecular flexibility index (Phi) is 2.63. The molecule has 0 aliphatic carbocycles. The van der Waals surface area contributed by atoms with Gasteiger partial charge in [0.05, 0.1) is 5.02 Å². The van der Waals surface area contributed by atoms with Crippen molar-refractivity contribution >= 4 is 11.6 Å². The van der Waals surface area contributed by atoms with Gasteiger partial charge in [-0.15, -0.1) is 0 Å². The first kappa shape index (κ1) is 9.40. The van der Waals surface area contributed by atoms with Crippen molar-refractivity contribution in [3.05, 3.63) is 27.8 Å². The van der Waals surface area contributed by atoms with Gasteiger partial charge in [0.2, 0.25) is 0 Å². The van der Waals surface area contributed by atoms with Gasteiger partial charge in [-0.1, -0.05) is 24.6 Å². The van der Waals surface area contributed by atoms with Gasteiger partial charge in [0.15, 0.2) is 0 Å². The largest absolute Gasteiger partial charge is 0.506 e. The lowest BCUT2D eigenvalue weighted by Crippen LogP contribution is -1.90. The van der Waals surface area contributed by atoms with E-state index in [4.69, 9.17) is 11.6 Å². The first-order valence-corrected chi connectivity index (χ1v) is 4.43. The minimum absolute atomic E-state index is 0.221. The third kappa shape index (κ3) is 1.42. The smallest absolute Gasteiger partial charge is 0.137 e. The number of hydrogen-bond acceptors (Lipinski definition) is 1. The van der Waals surface area contributed by atoms with Crippen molar-refractivity contribution in [2.75, 3.05) is 0 Å². The van der Waals surface area contributed by atoms with Gasteiger partial charge in [-0.2, -0.15) is 0 Å². The van der Waals surface area contributed by atoms with Crippen LogP contribution in [-0.4, -0.2) is 5.11 Å². The summed E-state index contributed by atoms with van der Waals surface area (Å²) in [4.78, 5) is 0. The van der Waals surface area contributed by atoms with E-state index < -0.39 is 0 Å². The summed E-state index contributed by atoms with van der Waals surface area (Å²) in [7, 11) is 0. The van der Waals surface area contributed by atoms with Gasteiger partial charge in [0, 0.05) is 0 Å². The lowest BCUT2D eigenvalue weighted by atomic mass is 10.0. The number of aryl methyl sites for hydroxylation is 2. The summed E-state index contributed by atoms with van der Waals surface area (Å²) in [6, 6.07) is 1.96. The van der Waals surface area contributed by atoms with Crippen LogP contribution < -0.4 is 0 Å². The van der Waals surface area contributed by atoms with Gasteiger partial charge < -0.3 is 5.11 Å². The molecule has 0 bridgehead atoms. The SMILES string of the molecule is CCc1c(C)cc(C)c(O)c1Cl. The van der Waals surface area contributed by atoms with Crippen molar-refractivity contribution < 1.29 is 5.11 Å². The minimum Gasteiger partial charge on any atom is -0.506 e. The topological polar surface area (TPSA) is 20.2 Å². The van der Waals surface area contributed by atoms with Crippen LogP contribution in [0.15, 0.2) is 6.07 Å². The average molecular weight is 185 g/mol. The number of aromatic hydroxyl groups is 1. The molecule has 1 nitrogen and oxygen atoms in total. The van der Waals surface area contributed by atoms with Crippen LogP contribution in [0.3, 0.4) is 0 Å². The average Bonchev–Trinajstić information content (AvgIpc) is 2.01. The Morgan fingerprint density at radius 3 is 2.42 bits per heavy atom. The fourth-order valence-electron chi connectivity index (χ4n) is 1.40. The van der Waals surface area contributed by atoms with Crippen molar-refractivity contribution in [2.24, 2.45) is 0 Å². The monoisotopic (exact) mass is 184 g/mol. The van der Waals surface area contributed by atoms with Crippen LogP contribution in [0.5, 0.6) is 5.75 Å². The van der Waals surface area contributed by atoms with Crippen molar-refractivity contribution in [2.45, 2.75) is 27.2 Å². The number of phenols is 1. The molecule has 0 aromatic heterocycles. The van der Waals surface area contributed by atoms with Crippen molar-refractivity contribution in [3.63, 3.8) is 0 Å². The minimum atomic E-state index is 0.221. The number of benzene rings is 1. The summed E-state index contributed by atoms with van der Waals surface area (Å²) in [5.41, 5.74) is 3.03. The predicted octanol–water partition coefficient (Wildman–Crippen LogP) is 3.22. The summed E-state index contributed by atoms with van der Waals surface area (Å²) in [6.07, 6.45) is 0.860. The molecule has 0 aliphatic rings. The molecule has 1 aromatic rings. The quantitative estimate of drug-likeness (QED) is 0.711. The van der Waals surface area contributed by atoms with E-state index in [1.165, 1.54) is 0 Å². The van der Waals surface area contributed by atoms with E-state index in [1.807, 2.05) is 26.8 Å². The molecule has 0 heterocycles. The molecule has 0 aliphatic heterocycles. The van der Waals surface area contributed by atoms with Gasteiger partial charge >= 0.3 is 0 Å². The molecule has 0 spiro atoms. The van der Waals surface area contributed by atoms with Gasteiger partial charge in [-0.05, 0) is 37.0 Å². The molecule has 1 aromatic carbocycles. The van der Waals surface area contributed by atoms with Gasteiger partial charge in [-0.25, -0.2) is 0 Å². The van der Waals surface area contributed by atoms with E-state index in [9.17, 15) is 5.11 Å². The predicted molar refractivity (Wildman–Crippen MR) is 52.0 cm³/mol. The van der Waals surface area contributed by atoms with Gasteiger partial charge in [0.1, 0.15) is 5.75 Å². The van der Waals surface area contributed by atoms with Crippen molar-refractivity contribution in [1.29, 1.82) is 0 Å². The second kappa shape index (κ2) is 3.36. The standard InChI is InChI=1S/C10H13ClO/c1-4-8-6(2)5-7(3)10(12)9(8)11/h5,12H,4H2,1-3H3. The molecule has 0 atom stereocenters. The molecule has 1 N–H and O–H groups in total. The molecular formula is C10H13ClO. The van der Waals surface area contributed by atoms with E-state index in [0.717, 1.165) is 23.1 Å². The Hall–Kier alpha value is -0.690. The highest BCUT2D eigenvalue weighted by molar-refractivity contribution is 6.33. The Labute approximate surface area is 78.0 Å². The van der Waals surface area contributed by atoms with E-state index in [-0.39, 0.29) is 5.75 Å². The molecule has 0 saturated carbocycles. The zero-order valence-corrected chi connectivity index (χ0v) is 8.37. The molecular weight excluding hydrogens is 172 g/mol. The first-order chi connectivity index (χ1) is 5.57. The third-order valence-corrected chi connectivity index (χ3v) is 2.52. The molecule has 0 unspecified atom stereocenters. The number of rotatable bonds is 1. The van der Waals surface area contributed by atoms with Crippen LogP contribution in [0, 0.1) is 13.8 Å². The van der Waals surface area contributed by atoms with E-state index in [2.05, 4.69) is 0 Å². The Balaban J connectivity index is 3.40. The van der Waals surface area contributed by atoms with Crippen LogP contribution in [0.1, 0.15) is 23.6 Å². The third-order valence-electron chi connectivity index (χ3n) is 2.11. The summed E-state index contributed by atoms with van der Waals surface area (Å²) in [6.45, 7) is 5.90. The van der Waals surface area contributed by atoms with Gasteiger partial charge in [0.25, 0.3) is 0 Å². The van der Waals surface area contributed by atoms with E-state index in [0.29, 0.717) is 5.02 Å². The fourth-order valence-corrected chi connectivity index (χ4v) is 1.84. The molecule has 0 amide bonds. The normalized spacial score (nSPS) is 10.3. The summed E-state index contributed by atoms with van der Waals surface area (Å²) >= 11 is 5.95. The summed E-state index contributed by atoms with van der Waals surface area (Å²) < 4.78 is 0. The van der Waals surface area contributed by atoms with Crippen LogP contribution in [0.4, 0.5) is 0 Å². The van der Waals surface area contributed by atoms with Crippen LogP contribution >= 0.6 is 11.6 Å². The van der Waals surface area contributed by atoms with Crippen LogP contribution in [-0.2, 0) is 6.42 Å². The highest BCUT2D eigenvalue weighted by atomic mass is 35.5. The molecule has 12 heavy (non-hydrogen) atoms. The Morgan fingerprint density at radius 1 is 1.33 bits per heavy atom. The highest BCUT2D eigenvalue weighted by Crippen LogP contribution is 2.33. The molecule has 66 valence electrons. The van der Waals surface area contributed by atoms with E-state index >= 15 is 0 Å². The number of hydrogen-bond donors (Lipinski definition) is 1. The molecule has 2 heteroatoms. The molecule has 0 saturated heterocycles. The Bertz CT molecular complexity index is 305. The lowest BCUT2D eigenvalue weighted by Gasteiger charge is -2.09. The maximum absolute atomic E-state index is 9.51. The van der Waals surface area contributed by atoms with Crippen molar-refractivity contribution in [1.82, 2.24) is 0 Å². The summed E-state index contributed by atoms with van der Waals surface area (Å²) in [5, 5.41) is 10.0. The second-order valence-electron chi connectivity index (χ2n) is 3.01. The molecule has 1 rings (SSSR count). The molecule has 0 radical (unpaired) electrons. The van der Waals surface area contributed by atoms with Crippen LogP contribution in [0.2, 0.25) is 5.02 Å². The zero-order valence-electron chi connectivity index (χ0n) is 7.61. The maximum Gasteiger partial charge on any atom is 0.137 e. The van der Waals surface area contributed by atoms with Gasteiger partial charge in [-0.3, -0.25) is 0 Å². The Morgan fingerprint density at radius 2 is 1.92 bits per heavy atom. The van der Waals surface area contributed by atoms with Crippen molar-refractivity contribution in [3.8, 4) is 5.75 Å². The zero-order chi connectivity index (χ0) is 9.30. The number of halogens is 1.